The first kappa shape index (κ1) is 24.3. The second-order valence-corrected chi connectivity index (χ2v) is 8.68. The maximum atomic E-state index is 13.7. The van der Waals surface area contributed by atoms with Crippen LogP contribution in [0.3, 0.4) is 0 Å². The summed E-state index contributed by atoms with van der Waals surface area (Å²) in [4.78, 5) is 10.5. The normalized spacial score (nSPS) is 14.1. The highest BCUT2D eigenvalue weighted by Gasteiger charge is 2.13. The zero-order valence-electron chi connectivity index (χ0n) is 18.9. The van der Waals surface area contributed by atoms with Crippen LogP contribution in [0.1, 0.15) is 49.3 Å². The third kappa shape index (κ3) is 7.63. The van der Waals surface area contributed by atoms with Crippen molar-refractivity contribution < 1.29 is 24.5 Å². The number of hydrogen-bond acceptors (Lipinski definition) is 3. The van der Waals surface area contributed by atoms with Crippen LogP contribution >= 0.6 is 0 Å². The fourth-order valence-corrected chi connectivity index (χ4v) is 3.60. The van der Waals surface area contributed by atoms with Crippen molar-refractivity contribution in [3.63, 3.8) is 0 Å². The highest BCUT2D eigenvalue weighted by Crippen LogP contribution is 2.31. The van der Waals surface area contributed by atoms with E-state index in [1.165, 1.54) is 55.0 Å². The van der Waals surface area contributed by atoms with E-state index in [0.717, 1.165) is 24.0 Å². The zero-order chi connectivity index (χ0) is 23.8. The highest BCUT2D eigenvalue weighted by molar-refractivity contribution is 5.70. The fraction of sp³-hybridized carbons (Fsp3) is 0.321. The summed E-state index contributed by atoms with van der Waals surface area (Å²) in [6.45, 7) is 1.65. The van der Waals surface area contributed by atoms with Crippen molar-refractivity contribution in [2.45, 2.75) is 51.9 Å². The quantitative estimate of drug-likeness (QED) is 0.423. The Balaban J connectivity index is 0.000000170. The summed E-state index contributed by atoms with van der Waals surface area (Å²) >= 11 is 0. The number of carboxylic acid groups (broad SMARTS) is 1. The Morgan fingerprint density at radius 2 is 1.58 bits per heavy atom. The summed E-state index contributed by atoms with van der Waals surface area (Å²) in [6.07, 6.45) is 8.33. The average Bonchev–Trinajstić information content (AvgIpc) is 3.60. The minimum Gasteiger partial charge on any atom is -0.508 e. The van der Waals surface area contributed by atoms with E-state index in [1.54, 1.807) is 31.2 Å². The molecule has 0 spiro atoms. The molecule has 1 fully saturated rings. The first-order valence-corrected chi connectivity index (χ1v) is 11.4. The summed E-state index contributed by atoms with van der Waals surface area (Å²) in [7, 11) is 0. The molecule has 1 saturated carbocycles. The molecule has 0 saturated heterocycles. The molecular formula is C28H31FO4. The standard InChI is InChI=1S/C15H13FO.C10H12O3.C3H6/c16-15-7-6-13(17)9-14(15)12-5-4-10-2-1-3-11(10)8-12;1-7(10(12)13)5-8-3-2-4-9(11)6-8;1-2-3-1/h4-9,17H,1-3H2;2-4,6-7,11H,5H2,1H3,(H,12,13);1-3H2. The number of halogens is 1. The first-order valence-electron chi connectivity index (χ1n) is 11.4. The Labute approximate surface area is 194 Å². The molecule has 33 heavy (non-hydrogen) atoms. The van der Waals surface area contributed by atoms with Crippen molar-refractivity contribution in [2.24, 2.45) is 5.92 Å². The molecule has 3 aromatic carbocycles. The van der Waals surface area contributed by atoms with Crippen LogP contribution in [0.5, 0.6) is 11.5 Å². The van der Waals surface area contributed by atoms with Gasteiger partial charge >= 0.3 is 5.97 Å². The van der Waals surface area contributed by atoms with E-state index in [9.17, 15) is 14.3 Å². The van der Waals surface area contributed by atoms with Gasteiger partial charge in [-0.2, -0.15) is 0 Å². The van der Waals surface area contributed by atoms with Crippen LogP contribution in [0.2, 0.25) is 0 Å². The Hall–Kier alpha value is -3.34. The molecule has 0 aliphatic heterocycles. The summed E-state index contributed by atoms with van der Waals surface area (Å²) in [5.41, 5.74) is 4.84. The first-order chi connectivity index (χ1) is 15.8. The van der Waals surface area contributed by atoms with Gasteiger partial charge in [-0.05, 0) is 78.3 Å². The third-order valence-corrected chi connectivity index (χ3v) is 5.59. The largest absolute Gasteiger partial charge is 0.508 e. The fourth-order valence-electron chi connectivity index (χ4n) is 3.60. The molecule has 3 N–H and O–H groups in total. The zero-order valence-corrected chi connectivity index (χ0v) is 18.9. The number of hydrogen-bond donors (Lipinski definition) is 3. The smallest absolute Gasteiger partial charge is 0.306 e. The summed E-state index contributed by atoms with van der Waals surface area (Å²) in [5, 5.41) is 27.2. The molecule has 1 atom stereocenters. The molecule has 0 aromatic heterocycles. The lowest BCUT2D eigenvalue weighted by atomic mass is 10.00. The molecule has 174 valence electrons. The van der Waals surface area contributed by atoms with Crippen molar-refractivity contribution in [3.05, 3.63) is 83.2 Å². The maximum absolute atomic E-state index is 13.7. The van der Waals surface area contributed by atoms with Gasteiger partial charge in [-0.1, -0.05) is 56.5 Å². The molecular weight excluding hydrogens is 419 g/mol. The lowest BCUT2D eigenvalue weighted by Gasteiger charge is -2.07. The van der Waals surface area contributed by atoms with E-state index in [0.29, 0.717) is 12.0 Å². The van der Waals surface area contributed by atoms with Gasteiger partial charge in [0.1, 0.15) is 17.3 Å². The number of phenols is 2. The summed E-state index contributed by atoms with van der Waals surface area (Å²) in [6, 6.07) is 16.9. The Kier molecular flexibility index (Phi) is 8.47. The molecule has 3 aromatic rings. The van der Waals surface area contributed by atoms with Crippen molar-refractivity contribution in [1.82, 2.24) is 0 Å². The second kappa shape index (κ2) is 11.5. The van der Waals surface area contributed by atoms with Gasteiger partial charge < -0.3 is 15.3 Å². The lowest BCUT2D eigenvalue weighted by molar-refractivity contribution is -0.141. The van der Waals surface area contributed by atoms with Crippen LogP contribution in [0.4, 0.5) is 4.39 Å². The molecule has 0 heterocycles. The number of aliphatic carboxylic acids is 1. The van der Waals surface area contributed by atoms with Crippen LogP contribution in [0.15, 0.2) is 60.7 Å². The molecule has 0 amide bonds. The highest BCUT2D eigenvalue weighted by atomic mass is 19.1. The van der Waals surface area contributed by atoms with E-state index in [1.807, 2.05) is 12.1 Å². The van der Waals surface area contributed by atoms with E-state index in [2.05, 4.69) is 6.07 Å². The Bertz CT molecular complexity index is 1090. The van der Waals surface area contributed by atoms with Crippen LogP contribution in [0.25, 0.3) is 11.1 Å². The lowest BCUT2D eigenvalue weighted by Crippen LogP contribution is -2.11. The molecule has 5 heteroatoms. The summed E-state index contributed by atoms with van der Waals surface area (Å²) in [5.74, 6) is -1.25. The molecule has 4 nitrogen and oxygen atoms in total. The van der Waals surface area contributed by atoms with Crippen LogP contribution in [-0.2, 0) is 24.1 Å². The van der Waals surface area contributed by atoms with Gasteiger partial charge in [0.2, 0.25) is 0 Å². The minimum atomic E-state index is -0.816. The number of carbonyl (C=O) groups is 1. The van der Waals surface area contributed by atoms with Crippen molar-refractivity contribution in [3.8, 4) is 22.6 Å². The van der Waals surface area contributed by atoms with Gasteiger partial charge in [0.15, 0.2) is 0 Å². The van der Waals surface area contributed by atoms with Crippen LogP contribution in [0, 0.1) is 11.7 Å². The molecule has 0 radical (unpaired) electrons. The predicted molar refractivity (Wildman–Crippen MR) is 128 cm³/mol. The van der Waals surface area contributed by atoms with Gasteiger partial charge in [0.05, 0.1) is 5.92 Å². The van der Waals surface area contributed by atoms with Crippen LogP contribution in [-0.4, -0.2) is 21.3 Å². The van der Waals surface area contributed by atoms with Crippen LogP contribution < -0.4 is 0 Å². The molecule has 2 aliphatic carbocycles. The summed E-state index contributed by atoms with van der Waals surface area (Å²) < 4.78 is 13.7. The number of phenolic OH excluding ortho intramolecular Hbond substituents is 2. The van der Waals surface area contributed by atoms with E-state index < -0.39 is 11.9 Å². The van der Waals surface area contributed by atoms with E-state index in [4.69, 9.17) is 10.2 Å². The number of fused-ring (bicyclic) bond motifs is 1. The Morgan fingerprint density at radius 3 is 2.24 bits per heavy atom. The Morgan fingerprint density at radius 1 is 0.879 bits per heavy atom. The van der Waals surface area contributed by atoms with Gasteiger partial charge in [0.25, 0.3) is 0 Å². The number of rotatable bonds is 4. The SMILES string of the molecule is C1CC1.CC(Cc1cccc(O)c1)C(=O)O.Oc1ccc(F)c(-c2ccc3c(c2)CCC3)c1. The number of aromatic hydroxyl groups is 2. The van der Waals surface area contributed by atoms with E-state index in [-0.39, 0.29) is 17.3 Å². The molecule has 1 unspecified atom stereocenters. The van der Waals surface area contributed by atoms with Gasteiger partial charge in [-0.25, -0.2) is 4.39 Å². The average molecular weight is 451 g/mol. The topological polar surface area (TPSA) is 77.8 Å². The van der Waals surface area contributed by atoms with Gasteiger partial charge in [-0.3, -0.25) is 4.79 Å². The number of aryl methyl sites for hydroxylation is 2. The molecule has 5 rings (SSSR count). The van der Waals surface area contributed by atoms with E-state index >= 15 is 0 Å². The van der Waals surface area contributed by atoms with Crippen molar-refractivity contribution >= 4 is 5.97 Å². The second-order valence-electron chi connectivity index (χ2n) is 8.68. The third-order valence-electron chi connectivity index (χ3n) is 5.59. The number of carboxylic acids is 1. The van der Waals surface area contributed by atoms with Crippen molar-refractivity contribution in [2.75, 3.05) is 0 Å². The van der Waals surface area contributed by atoms with Gasteiger partial charge in [-0.15, -0.1) is 0 Å². The van der Waals surface area contributed by atoms with Crippen molar-refractivity contribution in [1.29, 1.82) is 0 Å². The van der Waals surface area contributed by atoms with Gasteiger partial charge in [0, 0.05) is 5.56 Å². The molecule has 2 aliphatic rings. The minimum absolute atomic E-state index is 0.0990. The predicted octanol–water partition coefficient (Wildman–Crippen LogP) is 6.51. The molecule has 0 bridgehead atoms. The monoisotopic (exact) mass is 450 g/mol. The maximum Gasteiger partial charge on any atom is 0.306 e. The number of benzene rings is 3.